The van der Waals surface area contributed by atoms with Gasteiger partial charge in [0.1, 0.15) is 0 Å². The van der Waals surface area contributed by atoms with Gasteiger partial charge in [0.05, 0.1) is 0 Å². The SMILES string of the molecule is CCc1ccc(CCCCCC2CC3CC(=O)NCC2S3)cc1. The zero-order chi connectivity index (χ0) is 16.1. The van der Waals surface area contributed by atoms with E-state index in [4.69, 9.17) is 0 Å². The molecular formula is C20H29NOS. The first kappa shape index (κ1) is 16.9. The van der Waals surface area contributed by atoms with Crippen molar-refractivity contribution < 1.29 is 4.79 Å². The summed E-state index contributed by atoms with van der Waals surface area (Å²) in [6, 6.07) is 9.12. The zero-order valence-electron chi connectivity index (χ0n) is 14.2. The van der Waals surface area contributed by atoms with Crippen LogP contribution in [0.2, 0.25) is 0 Å². The average Bonchev–Trinajstić information content (AvgIpc) is 2.83. The minimum absolute atomic E-state index is 0.262. The van der Waals surface area contributed by atoms with E-state index in [9.17, 15) is 4.79 Å². The van der Waals surface area contributed by atoms with Gasteiger partial charge in [0.15, 0.2) is 0 Å². The summed E-state index contributed by atoms with van der Waals surface area (Å²) in [5, 5.41) is 4.34. The fraction of sp³-hybridized carbons (Fsp3) is 0.650. The second-order valence-electron chi connectivity index (χ2n) is 7.07. The number of hydrogen-bond acceptors (Lipinski definition) is 2. The molecule has 2 aliphatic heterocycles. The average molecular weight is 332 g/mol. The Morgan fingerprint density at radius 2 is 1.91 bits per heavy atom. The molecule has 1 N–H and O–H groups in total. The maximum absolute atomic E-state index is 11.5. The second kappa shape index (κ2) is 8.23. The van der Waals surface area contributed by atoms with Gasteiger partial charge in [-0.3, -0.25) is 4.79 Å². The highest BCUT2D eigenvalue weighted by Crippen LogP contribution is 2.43. The van der Waals surface area contributed by atoms with Crippen molar-refractivity contribution in [2.45, 2.75) is 68.8 Å². The maximum atomic E-state index is 11.5. The third-order valence-electron chi connectivity index (χ3n) is 5.34. The second-order valence-corrected chi connectivity index (χ2v) is 8.61. The number of unbranched alkanes of at least 4 members (excludes halogenated alkanes) is 2. The van der Waals surface area contributed by atoms with Crippen LogP contribution in [-0.4, -0.2) is 23.0 Å². The van der Waals surface area contributed by atoms with Crippen LogP contribution in [0, 0.1) is 5.92 Å². The number of hydrogen-bond donors (Lipinski definition) is 1. The van der Waals surface area contributed by atoms with Crippen molar-refractivity contribution in [3.8, 4) is 0 Å². The molecule has 3 unspecified atom stereocenters. The first-order valence-electron chi connectivity index (χ1n) is 9.24. The number of nitrogens with one attached hydrogen (secondary N) is 1. The molecule has 0 aromatic heterocycles. The van der Waals surface area contributed by atoms with Crippen LogP contribution >= 0.6 is 11.8 Å². The Hall–Kier alpha value is -0.960. The lowest BCUT2D eigenvalue weighted by atomic mass is 9.91. The van der Waals surface area contributed by atoms with E-state index in [1.807, 2.05) is 0 Å². The molecule has 1 aromatic rings. The lowest BCUT2D eigenvalue weighted by Crippen LogP contribution is -2.33. The third-order valence-corrected chi connectivity index (χ3v) is 6.99. The van der Waals surface area contributed by atoms with E-state index in [0.29, 0.717) is 10.5 Å². The van der Waals surface area contributed by atoms with Gasteiger partial charge >= 0.3 is 0 Å². The zero-order valence-corrected chi connectivity index (χ0v) is 15.0. The Bertz CT molecular complexity index is 513. The van der Waals surface area contributed by atoms with E-state index >= 15 is 0 Å². The minimum Gasteiger partial charge on any atom is -0.355 e. The number of aryl methyl sites for hydroxylation is 2. The molecule has 23 heavy (non-hydrogen) atoms. The lowest BCUT2D eigenvalue weighted by Gasteiger charge is -2.19. The molecule has 2 nitrogen and oxygen atoms in total. The number of thioether (sulfide) groups is 1. The first-order valence-corrected chi connectivity index (χ1v) is 10.2. The van der Waals surface area contributed by atoms with Gasteiger partial charge in [-0.15, -0.1) is 0 Å². The molecule has 0 saturated carbocycles. The maximum Gasteiger partial charge on any atom is 0.221 e. The number of benzene rings is 1. The highest BCUT2D eigenvalue weighted by molar-refractivity contribution is 8.00. The monoisotopic (exact) mass is 331 g/mol. The highest BCUT2D eigenvalue weighted by atomic mass is 32.2. The normalized spacial score (nSPS) is 26.8. The molecule has 1 amide bonds. The molecule has 3 rings (SSSR count). The fourth-order valence-electron chi connectivity index (χ4n) is 3.90. The number of carbonyl (C=O) groups is 1. The third kappa shape index (κ3) is 4.76. The molecule has 0 spiro atoms. The Morgan fingerprint density at radius 1 is 1.13 bits per heavy atom. The van der Waals surface area contributed by atoms with Crippen LogP contribution in [0.4, 0.5) is 0 Å². The molecule has 2 fully saturated rings. The van der Waals surface area contributed by atoms with Gasteiger partial charge in [0, 0.05) is 23.5 Å². The Balaban J connectivity index is 1.33. The summed E-state index contributed by atoms with van der Waals surface area (Å²) in [6.07, 6.45) is 9.67. The Morgan fingerprint density at radius 3 is 2.70 bits per heavy atom. The molecular weight excluding hydrogens is 302 g/mol. The summed E-state index contributed by atoms with van der Waals surface area (Å²) < 4.78 is 0. The van der Waals surface area contributed by atoms with Gasteiger partial charge in [0.2, 0.25) is 5.91 Å². The standard InChI is InChI=1S/C20H29NOS/c1-2-15-8-10-16(11-9-15)6-4-3-5-7-17-12-18-13-20(22)21-14-19(17)23-18/h8-11,17-19H,2-7,12-14H2,1H3,(H,21,22). The molecule has 126 valence electrons. The van der Waals surface area contributed by atoms with E-state index in [1.54, 1.807) is 0 Å². The molecule has 2 heterocycles. The van der Waals surface area contributed by atoms with Crippen LogP contribution in [0.1, 0.15) is 56.6 Å². The summed E-state index contributed by atoms with van der Waals surface area (Å²) in [5.41, 5.74) is 2.91. The number of carbonyl (C=O) groups excluding carboxylic acids is 1. The summed E-state index contributed by atoms with van der Waals surface area (Å²) in [4.78, 5) is 11.5. The van der Waals surface area contributed by atoms with E-state index in [1.165, 1.54) is 49.7 Å². The van der Waals surface area contributed by atoms with E-state index in [-0.39, 0.29) is 5.91 Å². The largest absolute Gasteiger partial charge is 0.355 e. The van der Waals surface area contributed by atoms with Crippen LogP contribution < -0.4 is 5.32 Å². The van der Waals surface area contributed by atoms with Gasteiger partial charge in [-0.25, -0.2) is 0 Å². The van der Waals surface area contributed by atoms with Crippen molar-refractivity contribution in [3.63, 3.8) is 0 Å². The van der Waals surface area contributed by atoms with Crippen LogP contribution in [0.5, 0.6) is 0 Å². The lowest BCUT2D eigenvalue weighted by molar-refractivity contribution is -0.121. The molecule has 1 aromatic carbocycles. The van der Waals surface area contributed by atoms with Crippen molar-refractivity contribution in [2.75, 3.05) is 6.54 Å². The molecule has 0 aliphatic carbocycles. The number of fused-ring (bicyclic) bond motifs is 2. The quantitative estimate of drug-likeness (QED) is 0.752. The molecule has 2 saturated heterocycles. The van der Waals surface area contributed by atoms with Gasteiger partial charge < -0.3 is 5.32 Å². The molecule has 3 atom stereocenters. The Kier molecular flexibility index (Phi) is 6.04. The van der Waals surface area contributed by atoms with Crippen LogP contribution in [0.25, 0.3) is 0 Å². The predicted molar refractivity (Wildman–Crippen MR) is 98.9 cm³/mol. The number of rotatable bonds is 7. The summed E-state index contributed by atoms with van der Waals surface area (Å²) >= 11 is 2.07. The molecule has 3 heteroatoms. The van der Waals surface area contributed by atoms with Crippen LogP contribution in [0.3, 0.4) is 0 Å². The van der Waals surface area contributed by atoms with Crippen molar-refractivity contribution in [3.05, 3.63) is 35.4 Å². The fourth-order valence-corrected chi connectivity index (χ4v) is 5.65. The van der Waals surface area contributed by atoms with E-state index < -0.39 is 0 Å². The van der Waals surface area contributed by atoms with Gasteiger partial charge in [-0.2, -0.15) is 11.8 Å². The Labute approximate surface area is 144 Å². The topological polar surface area (TPSA) is 29.1 Å². The van der Waals surface area contributed by atoms with Crippen molar-refractivity contribution in [2.24, 2.45) is 5.92 Å². The molecule has 2 aliphatic rings. The number of amides is 1. The highest BCUT2D eigenvalue weighted by Gasteiger charge is 2.37. The predicted octanol–water partition coefficient (Wildman–Crippen LogP) is 4.36. The van der Waals surface area contributed by atoms with E-state index in [0.717, 1.165) is 25.3 Å². The minimum atomic E-state index is 0.262. The van der Waals surface area contributed by atoms with Gasteiger partial charge in [-0.05, 0) is 49.1 Å². The van der Waals surface area contributed by atoms with E-state index in [2.05, 4.69) is 48.3 Å². The summed E-state index contributed by atoms with van der Waals surface area (Å²) in [5.74, 6) is 1.09. The van der Waals surface area contributed by atoms with Crippen LogP contribution in [0.15, 0.2) is 24.3 Å². The first-order chi connectivity index (χ1) is 11.2. The van der Waals surface area contributed by atoms with Crippen molar-refractivity contribution in [1.82, 2.24) is 5.32 Å². The summed E-state index contributed by atoms with van der Waals surface area (Å²) in [6.45, 7) is 3.10. The molecule has 0 radical (unpaired) electrons. The van der Waals surface area contributed by atoms with Gasteiger partial charge in [-0.1, -0.05) is 44.0 Å². The summed E-state index contributed by atoms with van der Waals surface area (Å²) in [7, 11) is 0. The van der Waals surface area contributed by atoms with Crippen LogP contribution in [-0.2, 0) is 17.6 Å². The van der Waals surface area contributed by atoms with Crippen molar-refractivity contribution >= 4 is 17.7 Å². The smallest absolute Gasteiger partial charge is 0.221 e. The van der Waals surface area contributed by atoms with Crippen molar-refractivity contribution in [1.29, 1.82) is 0 Å². The molecule has 2 bridgehead atoms. The van der Waals surface area contributed by atoms with Gasteiger partial charge in [0.25, 0.3) is 0 Å².